The topological polar surface area (TPSA) is 86.7 Å². The quantitative estimate of drug-likeness (QED) is 0.325. The minimum Gasteiger partial charge on any atom is -0.412 e. The van der Waals surface area contributed by atoms with E-state index in [-0.39, 0.29) is 11.8 Å². The van der Waals surface area contributed by atoms with E-state index >= 15 is 0 Å². The first-order chi connectivity index (χ1) is 15.5. The standard InChI is InChI=1S/C23H15Cl2N5O2/c1-13-2-7-18-16(10-13)19(21(25)30(18)12-14-3-5-15(24)6-4-14)20(31)23-29-28-22(32-23)17-11-26-8-9-27-17/h2-11H,12H2,1H3. The highest BCUT2D eigenvalue weighted by Gasteiger charge is 2.27. The third-order valence-corrected chi connectivity index (χ3v) is 5.68. The Morgan fingerprint density at radius 1 is 1.06 bits per heavy atom. The lowest BCUT2D eigenvalue weighted by molar-refractivity contribution is 0.100. The van der Waals surface area contributed by atoms with Gasteiger partial charge >= 0.3 is 0 Å². The van der Waals surface area contributed by atoms with Gasteiger partial charge in [0.05, 0.1) is 17.3 Å². The fourth-order valence-electron chi connectivity index (χ4n) is 3.52. The Balaban J connectivity index is 1.60. The third-order valence-electron chi connectivity index (χ3n) is 5.04. The Kier molecular flexibility index (Phi) is 5.20. The van der Waals surface area contributed by atoms with Crippen molar-refractivity contribution in [3.63, 3.8) is 0 Å². The largest absolute Gasteiger partial charge is 0.412 e. The van der Waals surface area contributed by atoms with Crippen molar-refractivity contribution in [2.45, 2.75) is 13.5 Å². The minimum atomic E-state index is -0.455. The van der Waals surface area contributed by atoms with Gasteiger partial charge in [0.15, 0.2) is 0 Å². The van der Waals surface area contributed by atoms with Crippen molar-refractivity contribution < 1.29 is 9.21 Å². The van der Waals surface area contributed by atoms with Gasteiger partial charge in [-0.2, -0.15) is 0 Å². The Labute approximate surface area is 192 Å². The Hall–Kier alpha value is -3.55. The number of halogens is 2. The van der Waals surface area contributed by atoms with Crippen molar-refractivity contribution in [3.05, 3.63) is 93.8 Å². The molecule has 0 atom stereocenters. The maximum absolute atomic E-state index is 13.4. The number of fused-ring (bicyclic) bond motifs is 1. The molecule has 0 aliphatic carbocycles. The Morgan fingerprint density at radius 2 is 1.88 bits per heavy atom. The van der Waals surface area contributed by atoms with E-state index in [0.29, 0.717) is 33.4 Å². The number of carbonyl (C=O) groups excluding carboxylic acids is 1. The van der Waals surface area contributed by atoms with Gasteiger partial charge in [-0.25, -0.2) is 4.98 Å². The lowest BCUT2D eigenvalue weighted by Gasteiger charge is -2.08. The van der Waals surface area contributed by atoms with Crippen molar-refractivity contribution in [2.24, 2.45) is 0 Å². The van der Waals surface area contributed by atoms with Gasteiger partial charge < -0.3 is 8.98 Å². The molecular formula is C23H15Cl2N5O2. The van der Waals surface area contributed by atoms with Crippen LogP contribution in [0.5, 0.6) is 0 Å². The van der Waals surface area contributed by atoms with Gasteiger partial charge in [-0.3, -0.25) is 9.78 Å². The summed E-state index contributed by atoms with van der Waals surface area (Å²) >= 11 is 12.8. The van der Waals surface area contributed by atoms with Crippen LogP contribution in [0.15, 0.2) is 65.5 Å². The highest BCUT2D eigenvalue weighted by Crippen LogP contribution is 2.33. The molecule has 0 aliphatic rings. The van der Waals surface area contributed by atoms with E-state index in [9.17, 15) is 4.79 Å². The summed E-state index contributed by atoms with van der Waals surface area (Å²) in [6, 6.07) is 13.3. The van der Waals surface area contributed by atoms with E-state index in [2.05, 4.69) is 20.2 Å². The van der Waals surface area contributed by atoms with Crippen LogP contribution >= 0.6 is 23.2 Å². The predicted molar refractivity (Wildman–Crippen MR) is 121 cm³/mol. The molecule has 0 fully saturated rings. The molecule has 0 N–H and O–H groups in total. The van der Waals surface area contributed by atoms with Crippen molar-refractivity contribution in [1.29, 1.82) is 0 Å². The van der Waals surface area contributed by atoms with Crippen LogP contribution < -0.4 is 0 Å². The summed E-state index contributed by atoms with van der Waals surface area (Å²) in [6.45, 7) is 2.43. The second-order valence-corrected chi connectivity index (χ2v) is 8.03. The molecule has 0 bridgehead atoms. The zero-order valence-corrected chi connectivity index (χ0v) is 18.3. The zero-order valence-electron chi connectivity index (χ0n) is 16.8. The monoisotopic (exact) mass is 463 g/mol. The molecule has 0 amide bonds. The molecule has 0 spiro atoms. The van der Waals surface area contributed by atoms with Crippen molar-refractivity contribution in [2.75, 3.05) is 0 Å². The van der Waals surface area contributed by atoms with Crippen LogP contribution in [-0.2, 0) is 6.54 Å². The van der Waals surface area contributed by atoms with Gasteiger partial charge in [0.2, 0.25) is 0 Å². The number of benzene rings is 2. The number of hydrogen-bond donors (Lipinski definition) is 0. The fraction of sp³-hybridized carbons (Fsp3) is 0.0870. The molecule has 0 aliphatic heterocycles. The molecule has 0 unspecified atom stereocenters. The molecule has 0 saturated heterocycles. The van der Waals surface area contributed by atoms with Crippen LogP contribution in [0, 0.1) is 6.92 Å². The smallest absolute Gasteiger partial charge is 0.289 e. The molecule has 9 heteroatoms. The maximum atomic E-state index is 13.4. The molecule has 158 valence electrons. The lowest BCUT2D eigenvalue weighted by atomic mass is 10.1. The molecular weight excluding hydrogens is 449 g/mol. The van der Waals surface area contributed by atoms with Crippen molar-refractivity contribution in [3.8, 4) is 11.6 Å². The van der Waals surface area contributed by atoms with E-state index in [0.717, 1.165) is 16.6 Å². The Morgan fingerprint density at radius 3 is 2.62 bits per heavy atom. The van der Waals surface area contributed by atoms with E-state index in [1.807, 2.05) is 54.0 Å². The van der Waals surface area contributed by atoms with E-state index in [4.69, 9.17) is 27.6 Å². The van der Waals surface area contributed by atoms with Gasteiger partial charge in [-0.15, -0.1) is 10.2 Å². The number of aromatic nitrogens is 5. The molecule has 3 aromatic heterocycles. The van der Waals surface area contributed by atoms with Gasteiger partial charge in [0, 0.05) is 29.3 Å². The minimum absolute atomic E-state index is 0.110. The first-order valence-corrected chi connectivity index (χ1v) is 10.4. The summed E-state index contributed by atoms with van der Waals surface area (Å²) in [4.78, 5) is 21.5. The number of nitrogens with zero attached hydrogens (tertiary/aromatic N) is 5. The van der Waals surface area contributed by atoms with Crippen LogP contribution in [0.25, 0.3) is 22.5 Å². The molecule has 2 aromatic carbocycles. The molecule has 5 rings (SSSR count). The zero-order chi connectivity index (χ0) is 22.2. The molecule has 0 radical (unpaired) electrons. The maximum Gasteiger partial charge on any atom is 0.289 e. The number of rotatable bonds is 5. The third kappa shape index (κ3) is 3.66. The van der Waals surface area contributed by atoms with Crippen LogP contribution in [0.4, 0.5) is 0 Å². The molecule has 0 saturated carbocycles. The highest BCUT2D eigenvalue weighted by atomic mass is 35.5. The normalized spacial score (nSPS) is 11.2. The summed E-state index contributed by atoms with van der Waals surface area (Å²) in [6.07, 6.45) is 4.52. The average molecular weight is 464 g/mol. The molecule has 3 heterocycles. The van der Waals surface area contributed by atoms with E-state index in [1.165, 1.54) is 18.6 Å². The number of aryl methyl sites for hydroxylation is 1. The van der Waals surface area contributed by atoms with Crippen LogP contribution in [0.2, 0.25) is 10.2 Å². The van der Waals surface area contributed by atoms with E-state index < -0.39 is 5.78 Å². The van der Waals surface area contributed by atoms with Crippen LogP contribution in [0.3, 0.4) is 0 Å². The number of ketones is 1. The summed E-state index contributed by atoms with van der Waals surface area (Å²) < 4.78 is 7.49. The summed E-state index contributed by atoms with van der Waals surface area (Å²) in [5.41, 5.74) is 3.51. The number of hydrogen-bond acceptors (Lipinski definition) is 6. The van der Waals surface area contributed by atoms with Crippen LogP contribution in [0.1, 0.15) is 27.4 Å². The summed E-state index contributed by atoms with van der Waals surface area (Å²) in [7, 11) is 0. The Bertz CT molecular complexity index is 1440. The van der Waals surface area contributed by atoms with Gasteiger partial charge in [0.1, 0.15) is 10.8 Å². The van der Waals surface area contributed by atoms with E-state index in [1.54, 1.807) is 0 Å². The average Bonchev–Trinajstić information content (AvgIpc) is 3.39. The highest BCUT2D eigenvalue weighted by molar-refractivity contribution is 6.36. The SMILES string of the molecule is Cc1ccc2c(c1)c(C(=O)c1nnc(-c3cnccn3)o1)c(Cl)n2Cc1ccc(Cl)cc1. The lowest BCUT2D eigenvalue weighted by Crippen LogP contribution is -2.04. The van der Waals surface area contributed by atoms with Crippen LogP contribution in [-0.4, -0.2) is 30.5 Å². The summed E-state index contributed by atoms with van der Waals surface area (Å²) in [5.74, 6) is -0.513. The summed E-state index contributed by atoms with van der Waals surface area (Å²) in [5, 5.41) is 9.53. The first-order valence-electron chi connectivity index (χ1n) is 9.68. The van der Waals surface area contributed by atoms with Crippen molar-refractivity contribution >= 4 is 39.9 Å². The van der Waals surface area contributed by atoms with Crippen molar-refractivity contribution in [1.82, 2.24) is 24.7 Å². The van der Waals surface area contributed by atoms with Gasteiger partial charge in [0.25, 0.3) is 17.6 Å². The second-order valence-electron chi connectivity index (χ2n) is 7.23. The fourth-order valence-corrected chi connectivity index (χ4v) is 3.98. The van der Waals surface area contributed by atoms with Gasteiger partial charge in [-0.1, -0.05) is 47.0 Å². The first kappa shape index (κ1) is 20.4. The molecule has 5 aromatic rings. The van der Waals surface area contributed by atoms with Gasteiger partial charge in [-0.05, 0) is 36.8 Å². The molecule has 32 heavy (non-hydrogen) atoms. The second kappa shape index (κ2) is 8.18. The number of carbonyl (C=O) groups is 1. The predicted octanol–water partition coefficient (Wildman–Crippen LogP) is 5.38. The molecule has 7 nitrogen and oxygen atoms in total.